The maximum Gasteiger partial charge on any atom is 0.411 e. The van der Waals surface area contributed by atoms with E-state index in [0.29, 0.717) is 5.69 Å². The van der Waals surface area contributed by atoms with E-state index in [9.17, 15) is 23.1 Å². The Balaban J connectivity index is 2.14. The second kappa shape index (κ2) is 7.01. The van der Waals surface area contributed by atoms with Gasteiger partial charge >= 0.3 is 6.09 Å². The minimum Gasteiger partial charge on any atom is -0.545 e. The lowest BCUT2D eigenvalue weighted by Crippen LogP contribution is -2.22. The van der Waals surface area contributed by atoms with Gasteiger partial charge in [0.1, 0.15) is 0 Å². The Kier molecular flexibility index (Phi) is 5.05. The third kappa shape index (κ3) is 4.23. The van der Waals surface area contributed by atoms with Crippen molar-refractivity contribution in [2.45, 2.75) is 4.90 Å². The molecule has 0 saturated carbocycles. The molecule has 0 aliphatic heterocycles. The molecule has 1 amide bonds. The number of aromatic carboxylic acids is 1. The zero-order valence-electron chi connectivity index (χ0n) is 12.5. The van der Waals surface area contributed by atoms with Crippen LogP contribution < -0.4 is 15.1 Å². The van der Waals surface area contributed by atoms with Crippen molar-refractivity contribution in [1.82, 2.24) is 0 Å². The van der Waals surface area contributed by atoms with Gasteiger partial charge in [-0.3, -0.25) is 10.0 Å². The highest BCUT2D eigenvalue weighted by atomic mass is 32.2. The van der Waals surface area contributed by atoms with Gasteiger partial charge in [-0.15, -0.1) is 0 Å². The number of carboxylic acid groups (broad SMARTS) is 1. The second-order valence-electron chi connectivity index (χ2n) is 4.61. The molecule has 9 heteroatoms. The molecule has 126 valence electrons. The minimum atomic E-state index is -3.85. The van der Waals surface area contributed by atoms with E-state index >= 15 is 0 Å². The number of amides is 1. The van der Waals surface area contributed by atoms with Crippen molar-refractivity contribution in [2.75, 3.05) is 17.1 Å². The van der Waals surface area contributed by atoms with Crippen molar-refractivity contribution < 1.29 is 27.9 Å². The molecular weight excluding hydrogens is 336 g/mol. The van der Waals surface area contributed by atoms with E-state index in [1.807, 2.05) is 0 Å². The highest BCUT2D eigenvalue weighted by Gasteiger charge is 2.14. The third-order valence-corrected chi connectivity index (χ3v) is 4.37. The molecule has 8 nitrogen and oxygen atoms in total. The molecule has 0 unspecified atom stereocenters. The number of sulfonamides is 1. The van der Waals surface area contributed by atoms with Crippen LogP contribution in [0.4, 0.5) is 16.2 Å². The topological polar surface area (TPSA) is 125 Å². The molecule has 0 bridgehead atoms. The smallest absolute Gasteiger partial charge is 0.411 e. The number of carboxylic acids is 1. The maximum absolute atomic E-state index is 12.3. The summed E-state index contributed by atoms with van der Waals surface area (Å²) >= 11 is 0. The van der Waals surface area contributed by atoms with Gasteiger partial charge < -0.3 is 14.6 Å². The van der Waals surface area contributed by atoms with Crippen LogP contribution in [0.5, 0.6) is 0 Å². The Labute approximate surface area is 138 Å². The van der Waals surface area contributed by atoms with E-state index < -0.39 is 22.1 Å². The number of methoxy groups -OCH3 is 1. The molecule has 0 radical (unpaired) electrons. The normalized spacial score (nSPS) is 10.7. The highest BCUT2D eigenvalue weighted by molar-refractivity contribution is 7.92. The van der Waals surface area contributed by atoms with E-state index in [2.05, 4.69) is 14.8 Å². The first kappa shape index (κ1) is 17.3. The van der Waals surface area contributed by atoms with Gasteiger partial charge in [0.05, 0.1) is 18.0 Å². The monoisotopic (exact) mass is 349 g/mol. The van der Waals surface area contributed by atoms with E-state index in [4.69, 9.17) is 0 Å². The number of rotatable bonds is 5. The van der Waals surface area contributed by atoms with Gasteiger partial charge in [0.25, 0.3) is 10.0 Å². The average molecular weight is 349 g/mol. The quantitative estimate of drug-likeness (QED) is 0.830. The van der Waals surface area contributed by atoms with Gasteiger partial charge in [0.15, 0.2) is 0 Å². The van der Waals surface area contributed by atoms with Crippen molar-refractivity contribution in [3.05, 3.63) is 54.1 Å². The largest absolute Gasteiger partial charge is 0.545 e. The van der Waals surface area contributed by atoms with Crippen molar-refractivity contribution in [3.8, 4) is 0 Å². The molecule has 2 N–H and O–H groups in total. The van der Waals surface area contributed by atoms with Crippen molar-refractivity contribution in [2.24, 2.45) is 0 Å². The lowest BCUT2D eigenvalue weighted by molar-refractivity contribution is -0.255. The first-order valence-corrected chi connectivity index (χ1v) is 8.09. The molecule has 2 rings (SSSR count). The standard InChI is InChI=1S/C15H14N2O6S/c1-23-15(20)16-11-6-8-13(9-7-11)24(21,22)17-12-4-2-10(3-5-12)14(18)19/h2-9,17H,1H3,(H,16,20)(H,18,19)/p-1. The van der Waals surface area contributed by atoms with Crippen LogP contribution in [0.2, 0.25) is 0 Å². The molecule has 2 aromatic carbocycles. The SMILES string of the molecule is COC(=O)Nc1ccc(S(=O)(=O)Nc2ccc(C(=O)[O-])cc2)cc1. The Bertz CT molecular complexity index is 845. The summed E-state index contributed by atoms with van der Waals surface area (Å²) in [6, 6.07) is 10.5. The predicted molar refractivity (Wildman–Crippen MR) is 84.1 cm³/mol. The molecule has 0 aliphatic rings. The average Bonchev–Trinajstić information content (AvgIpc) is 2.55. The van der Waals surface area contributed by atoms with Crippen LogP contribution in [0.1, 0.15) is 10.4 Å². The molecule has 0 aromatic heterocycles. The maximum atomic E-state index is 12.3. The number of ether oxygens (including phenoxy) is 1. The number of anilines is 2. The van der Waals surface area contributed by atoms with Gasteiger partial charge in [0, 0.05) is 11.4 Å². The number of hydrogen-bond acceptors (Lipinski definition) is 6. The summed E-state index contributed by atoms with van der Waals surface area (Å²) in [6.45, 7) is 0. The lowest BCUT2D eigenvalue weighted by Gasteiger charge is -2.10. The number of nitrogens with one attached hydrogen (secondary N) is 2. The Hall–Kier alpha value is -3.07. The van der Waals surface area contributed by atoms with Crippen molar-refractivity contribution >= 4 is 33.5 Å². The van der Waals surface area contributed by atoms with Gasteiger partial charge in [-0.05, 0) is 42.0 Å². The summed E-state index contributed by atoms with van der Waals surface area (Å²) in [5.41, 5.74) is 0.520. The van der Waals surface area contributed by atoms with Crippen LogP contribution in [-0.2, 0) is 14.8 Å². The van der Waals surface area contributed by atoms with Crippen LogP contribution in [0.15, 0.2) is 53.4 Å². The first-order valence-electron chi connectivity index (χ1n) is 6.61. The Morgan fingerprint density at radius 3 is 2.00 bits per heavy atom. The fraction of sp³-hybridized carbons (Fsp3) is 0.0667. The second-order valence-corrected chi connectivity index (χ2v) is 6.29. The summed E-state index contributed by atoms with van der Waals surface area (Å²) in [4.78, 5) is 21.7. The van der Waals surface area contributed by atoms with E-state index in [0.717, 1.165) is 0 Å². The lowest BCUT2D eigenvalue weighted by atomic mass is 10.2. The molecule has 0 aliphatic carbocycles. The van der Waals surface area contributed by atoms with Crippen LogP contribution in [0.25, 0.3) is 0 Å². The van der Waals surface area contributed by atoms with Gasteiger partial charge in [0.2, 0.25) is 0 Å². The number of carbonyl (C=O) groups is 2. The zero-order chi connectivity index (χ0) is 17.7. The van der Waals surface area contributed by atoms with Crippen LogP contribution in [-0.4, -0.2) is 27.6 Å². The highest BCUT2D eigenvalue weighted by Crippen LogP contribution is 2.18. The molecule has 2 aromatic rings. The summed E-state index contributed by atoms with van der Waals surface area (Å²) < 4.78 is 31.3. The third-order valence-electron chi connectivity index (χ3n) is 2.97. The summed E-state index contributed by atoms with van der Waals surface area (Å²) in [5, 5.41) is 13.1. The molecule has 24 heavy (non-hydrogen) atoms. The van der Waals surface area contributed by atoms with Crippen molar-refractivity contribution in [3.63, 3.8) is 0 Å². The van der Waals surface area contributed by atoms with E-state index in [1.165, 1.54) is 55.6 Å². The summed E-state index contributed by atoms with van der Waals surface area (Å²) in [5.74, 6) is -1.35. The summed E-state index contributed by atoms with van der Waals surface area (Å²) in [7, 11) is -2.64. The van der Waals surface area contributed by atoms with Gasteiger partial charge in [-0.25, -0.2) is 13.2 Å². The van der Waals surface area contributed by atoms with Crippen LogP contribution in [0, 0.1) is 0 Å². The molecule has 0 atom stereocenters. The predicted octanol–water partition coefficient (Wildman–Crippen LogP) is 1.03. The number of benzene rings is 2. The minimum absolute atomic E-state index is 0.0260. The molecule has 0 spiro atoms. The summed E-state index contributed by atoms with van der Waals surface area (Å²) in [6.07, 6.45) is -0.670. The van der Waals surface area contributed by atoms with Crippen LogP contribution in [0.3, 0.4) is 0 Å². The number of hydrogen-bond donors (Lipinski definition) is 2. The van der Waals surface area contributed by atoms with E-state index in [-0.39, 0.29) is 16.1 Å². The number of carbonyl (C=O) groups excluding carboxylic acids is 2. The fourth-order valence-corrected chi connectivity index (χ4v) is 2.83. The fourth-order valence-electron chi connectivity index (χ4n) is 1.77. The van der Waals surface area contributed by atoms with Crippen LogP contribution >= 0.6 is 0 Å². The Morgan fingerprint density at radius 1 is 0.958 bits per heavy atom. The molecule has 0 fully saturated rings. The molecular formula is C15H13N2O6S-. The molecule has 0 saturated heterocycles. The molecule has 0 heterocycles. The first-order chi connectivity index (χ1) is 11.3. The van der Waals surface area contributed by atoms with Crippen molar-refractivity contribution in [1.29, 1.82) is 0 Å². The van der Waals surface area contributed by atoms with Gasteiger partial charge in [-0.1, -0.05) is 12.1 Å². The Morgan fingerprint density at radius 2 is 1.50 bits per heavy atom. The zero-order valence-corrected chi connectivity index (χ0v) is 13.3. The van der Waals surface area contributed by atoms with Gasteiger partial charge in [-0.2, -0.15) is 0 Å². The van der Waals surface area contributed by atoms with E-state index in [1.54, 1.807) is 0 Å².